The van der Waals surface area contributed by atoms with Crippen LogP contribution < -0.4 is 10.1 Å². The summed E-state index contributed by atoms with van der Waals surface area (Å²) in [6.07, 6.45) is 0.359. The van der Waals surface area contributed by atoms with Crippen molar-refractivity contribution >= 4 is 35.0 Å². The molecule has 34 heavy (non-hydrogen) atoms. The van der Waals surface area contributed by atoms with Gasteiger partial charge < -0.3 is 15.0 Å². The topological polar surface area (TPSA) is 58.6 Å². The van der Waals surface area contributed by atoms with E-state index < -0.39 is 6.04 Å². The number of carbonyl (C=O) groups excluding carboxylic acids is 2. The minimum atomic E-state index is -0.744. The van der Waals surface area contributed by atoms with Crippen molar-refractivity contribution < 1.29 is 14.3 Å². The second-order valence-corrected chi connectivity index (χ2v) is 9.08. The van der Waals surface area contributed by atoms with Crippen molar-refractivity contribution in [3.63, 3.8) is 0 Å². The molecule has 0 spiro atoms. The molecule has 0 fully saturated rings. The molecule has 0 aliphatic carbocycles. The summed E-state index contributed by atoms with van der Waals surface area (Å²) < 4.78 is 5.72. The number of nitrogens with zero attached hydrogens (tertiary/aromatic N) is 1. The Kier molecular flexibility index (Phi) is 9.37. The molecule has 1 unspecified atom stereocenters. The van der Waals surface area contributed by atoms with E-state index in [-0.39, 0.29) is 31.0 Å². The van der Waals surface area contributed by atoms with E-state index in [1.807, 2.05) is 56.3 Å². The zero-order valence-electron chi connectivity index (χ0n) is 19.2. The number of amides is 2. The van der Waals surface area contributed by atoms with Crippen LogP contribution in [0.15, 0.2) is 78.9 Å². The van der Waals surface area contributed by atoms with E-state index in [9.17, 15) is 9.59 Å². The molecule has 3 aromatic carbocycles. The first-order chi connectivity index (χ1) is 16.3. The molecule has 3 rings (SSSR count). The molecule has 0 aromatic heterocycles. The molecule has 0 aliphatic rings. The van der Waals surface area contributed by atoms with Crippen molar-refractivity contribution in [3.8, 4) is 5.75 Å². The summed E-state index contributed by atoms with van der Waals surface area (Å²) in [4.78, 5) is 28.3. The van der Waals surface area contributed by atoms with Crippen LogP contribution in [-0.4, -0.2) is 35.4 Å². The van der Waals surface area contributed by atoms with Gasteiger partial charge in [-0.15, -0.1) is 0 Å². The van der Waals surface area contributed by atoms with Crippen LogP contribution >= 0.6 is 23.2 Å². The molecule has 3 aromatic rings. The number of carbonyl (C=O) groups is 2. The fraction of sp³-hybridized carbons (Fsp3) is 0.259. The van der Waals surface area contributed by atoms with Gasteiger partial charge in [-0.2, -0.15) is 0 Å². The van der Waals surface area contributed by atoms with E-state index in [4.69, 9.17) is 27.9 Å². The van der Waals surface area contributed by atoms with E-state index in [1.165, 1.54) is 0 Å². The predicted octanol–water partition coefficient (Wildman–Crippen LogP) is 5.54. The van der Waals surface area contributed by atoms with Gasteiger partial charge in [0.05, 0.1) is 5.02 Å². The van der Waals surface area contributed by atoms with E-state index in [2.05, 4.69) is 5.32 Å². The highest BCUT2D eigenvalue weighted by atomic mass is 35.5. The van der Waals surface area contributed by atoms with E-state index >= 15 is 0 Å². The lowest BCUT2D eigenvalue weighted by Crippen LogP contribution is -2.52. The number of halogens is 2. The minimum absolute atomic E-state index is 0.0757. The maximum absolute atomic E-state index is 13.5. The van der Waals surface area contributed by atoms with Gasteiger partial charge in [0.1, 0.15) is 11.8 Å². The Labute approximate surface area is 210 Å². The SMILES string of the molecule is CC(C)NC(=O)C(Cc1ccccc1)N(Cc1cccc(Cl)c1)C(=O)COc1ccccc1Cl. The van der Waals surface area contributed by atoms with Gasteiger partial charge in [-0.3, -0.25) is 9.59 Å². The van der Waals surface area contributed by atoms with Gasteiger partial charge in [-0.1, -0.05) is 77.8 Å². The molecule has 0 radical (unpaired) electrons. The number of hydrogen-bond acceptors (Lipinski definition) is 3. The first-order valence-electron chi connectivity index (χ1n) is 11.1. The third-order valence-electron chi connectivity index (χ3n) is 5.13. The smallest absolute Gasteiger partial charge is 0.261 e. The average molecular weight is 499 g/mol. The highest BCUT2D eigenvalue weighted by Gasteiger charge is 2.31. The van der Waals surface area contributed by atoms with Crippen LogP contribution in [0.25, 0.3) is 0 Å². The Balaban J connectivity index is 1.92. The molecule has 0 saturated heterocycles. The molecule has 178 valence electrons. The van der Waals surface area contributed by atoms with Crippen LogP contribution in [0.4, 0.5) is 0 Å². The second kappa shape index (κ2) is 12.4. The van der Waals surface area contributed by atoms with Crippen molar-refractivity contribution in [2.24, 2.45) is 0 Å². The Bertz CT molecular complexity index is 1110. The van der Waals surface area contributed by atoms with Crippen molar-refractivity contribution in [2.45, 2.75) is 38.9 Å². The summed E-state index contributed by atoms with van der Waals surface area (Å²) in [5, 5.41) is 3.93. The molecule has 0 heterocycles. The first-order valence-corrected chi connectivity index (χ1v) is 11.8. The summed E-state index contributed by atoms with van der Waals surface area (Å²) in [6.45, 7) is 3.72. The van der Waals surface area contributed by atoms with Crippen LogP contribution in [0, 0.1) is 0 Å². The maximum atomic E-state index is 13.5. The van der Waals surface area contributed by atoms with Crippen LogP contribution in [0.3, 0.4) is 0 Å². The molecule has 5 nitrogen and oxygen atoms in total. The molecule has 1 N–H and O–H groups in total. The van der Waals surface area contributed by atoms with Crippen molar-refractivity contribution in [1.82, 2.24) is 10.2 Å². The zero-order valence-corrected chi connectivity index (χ0v) is 20.7. The van der Waals surface area contributed by atoms with E-state index in [0.717, 1.165) is 11.1 Å². The van der Waals surface area contributed by atoms with Crippen molar-refractivity contribution in [3.05, 3.63) is 100 Å². The van der Waals surface area contributed by atoms with E-state index in [0.29, 0.717) is 22.2 Å². The Morgan fingerprint density at radius 2 is 1.59 bits per heavy atom. The van der Waals surface area contributed by atoms with Crippen molar-refractivity contribution in [1.29, 1.82) is 0 Å². The third-order valence-corrected chi connectivity index (χ3v) is 5.68. The van der Waals surface area contributed by atoms with E-state index in [1.54, 1.807) is 41.3 Å². The number of para-hydroxylation sites is 1. The van der Waals surface area contributed by atoms with Crippen LogP contribution in [-0.2, 0) is 22.6 Å². The maximum Gasteiger partial charge on any atom is 0.261 e. The number of hydrogen-bond donors (Lipinski definition) is 1. The fourth-order valence-corrected chi connectivity index (χ4v) is 3.95. The molecule has 2 amide bonds. The van der Waals surface area contributed by atoms with Gasteiger partial charge in [0, 0.05) is 24.0 Å². The molecule has 0 saturated carbocycles. The highest BCUT2D eigenvalue weighted by Crippen LogP contribution is 2.24. The quantitative estimate of drug-likeness (QED) is 0.399. The first kappa shape index (κ1) is 25.6. The molecule has 0 bridgehead atoms. The molecule has 0 aliphatic heterocycles. The summed E-state index contributed by atoms with van der Waals surface area (Å²) in [5.41, 5.74) is 1.76. The lowest BCUT2D eigenvalue weighted by Gasteiger charge is -2.32. The van der Waals surface area contributed by atoms with Gasteiger partial charge >= 0.3 is 0 Å². The monoisotopic (exact) mass is 498 g/mol. The standard InChI is InChI=1S/C27H28Cl2N2O3/c1-19(2)30-27(33)24(16-20-9-4-3-5-10-20)31(17-21-11-8-12-22(28)15-21)26(32)18-34-25-14-7-6-13-23(25)29/h3-15,19,24H,16-18H2,1-2H3,(H,30,33). The van der Waals surface area contributed by atoms with Crippen LogP contribution in [0.2, 0.25) is 10.0 Å². The Morgan fingerprint density at radius 1 is 0.912 bits per heavy atom. The summed E-state index contributed by atoms with van der Waals surface area (Å²) in [7, 11) is 0. The highest BCUT2D eigenvalue weighted by molar-refractivity contribution is 6.32. The lowest BCUT2D eigenvalue weighted by atomic mass is 10.0. The van der Waals surface area contributed by atoms with Crippen molar-refractivity contribution in [2.75, 3.05) is 6.61 Å². The van der Waals surface area contributed by atoms with Gasteiger partial charge in [0.15, 0.2) is 6.61 Å². The number of ether oxygens (including phenoxy) is 1. The second-order valence-electron chi connectivity index (χ2n) is 8.24. The summed E-state index contributed by atoms with van der Waals surface area (Å²) in [6, 6.07) is 23.0. The van der Waals surface area contributed by atoms with Crippen LogP contribution in [0.1, 0.15) is 25.0 Å². The van der Waals surface area contributed by atoms with Gasteiger partial charge in [0.25, 0.3) is 5.91 Å². The van der Waals surface area contributed by atoms with Gasteiger partial charge in [-0.05, 0) is 49.2 Å². The zero-order chi connectivity index (χ0) is 24.5. The molecule has 1 atom stereocenters. The van der Waals surface area contributed by atoms with Gasteiger partial charge in [-0.25, -0.2) is 0 Å². The minimum Gasteiger partial charge on any atom is -0.482 e. The number of rotatable bonds is 10. The van der Waals surface area contributed by atoms with Crippen LogP contribution in [0.5, 0.6) is 5.75 Å². The summed E-state index contributed by atoms with van der Waals surface area (Å²) >= 11 is 12.4. The normalized spacial score (nSPS) is 11.7. The Morgan fingerprint density at radius 3 is 2.26 bits per heavy atom. The summed E-state index contributed by atoms with van der Waals surface area (Å²) in [5.74, 6) is -0.154. The Hall–Kier alpha value is -3.02. The van der Waals surface area contributed by atoms with Gasteiger partial charge in [0.2, 0.25) is 5.91 Å². The molecular weight excluding hydrogens is 471 g/mol. The predicted molar refractivity (Wildman–Crippen MR) is 136 cm³/mol. The molecular formula is C27H28Cl2N2O3. The fourth-order valence-electron chi connectivity index (χ4n) is 3.55. The average Bonchev–Trinajstić information content (AvgIpc) is 2.81. The third kappa shape index (κ3) is 7.51. The molecule has 7 heteroatoms. The lowest BCUT2D eigenvalue weighted by molar-refractivity contribution is -0.143. The number of nitrogens with one attached hydrogen (secondary N) is 1. The largest absolute Gasteiger partial charge is 0.482 e. The number of benzene rings is 3.